The molecule has 4 rings (SSSR count). The number of hydrogen-bond acceptors (Lipinski definition) is 4. The fourth-order valence-electron chi connectivity index (χ4n) is 4.58. The van der Waals surface area contributed by atoms with Gasteiger partial charge in [-0.3, -0.25) is 14.5 Å². The summed E-state index contributed by atoms with van der Waals surface area (Å²) in [4.78, 5) is 28.9. The van der Waals surface area contributed by atoms with Gasteiger partial charge in [-0.25, -0.2) is 13.7 Å². The maximum absolute atomic E-state index is 13.4. The minimum absolute atomic E-state index is 0.177. The molecular formula is C24H26F2N2O3. The van der Waals surface area contributed by atoms with Crippen molar-refractivity contribution in [2.45, 2.75) is 38.1 Å². The average molecular weight is 428 g/mol. The summed E-state index contributed by atoms with van der Waals surface area (Å²) in [5.74, 6) is -0.347. The van der Waals surface area contributed by atoms with Crippen LogP contribution in [0.5, 0.6) is 5.75 Å². The van der Waals surface area contributed by atoms with Crippen LogP contribution in [0.25, 0.3) is 0 Å². The van der Waals surface area contributed by atoms with E-state index in [9.17, 15) is 18.4 Å². The Kier molecular flexibility index (Phi) is 6.32. The minimum Gasteiger partial charge on any atom is -0.497 e. The molecule has 0 aliphatic carbocycles. The van der Waals surface area contributed by atoms with Gasteiger partial charge in [0.1, 0.15) is 17.4 Å². The van der Waals surface area contributed by atoms with Crippen molar-refractivity contribution in [1.29, 1.82) is 0 Å². The summed E-state index contributed by atoms with van der Waals surface area (Å²) in [6.07, 6.45) is 3.48. The molecule has 0 bridgehead atoms. The zero-order valence-electron chi connectivity index (χ0n) is 17.5. The number of nitrogens with zero attached hydrogens (tertiary/aromatic N) is 2. The van der Waals surface area contributed by atoms with Crippen molar-refractivity contribution in [3.63, 3.8) is 0 Å². The van der Waals surface area contributed by atoms with Crippen LogP contribution in [0, 0.1) is 17.6 Å². The van der Waals surface area contributed by atoms with Crippen LogP contribution in [-0.4, -0.2) is 43.0 Å². The summed E-state index contributed by atoms with van der Waals surface area (Å²) in [6, 6.07) is 10.1. The van der Waals surface area contributed by atoms with Gasteiger partial charge in [0, 0.05) is 6.07 Å². The Morgan fingerprint density at radius 2 is 1.65 bits per heavy atom. The topological polar surface area (TPSA) is 49.9 Å². The highest BCUT2D eigenvalue weighted by molar-refractivity contribution is 6.22. The van der Waals surface area contributed by atoms with Crippen molar-refractivity contribution in [3.8, 4) is 5.75 Å². The number of ether oxygens (including phenoxy) is 1. The summed E-state index contributed by atoms with van der Waals surface area (Å²) < 4.78 is 31.9. The third-order valence-corrected chi connectivity index (χ3v) is 6.31. The van der Waals surface area contributed by atoms with Crippen molar-refractivity contribution >= 4 is 17.5 Å². The fraction of sp³-hybridized carbons (Fsp3) is 0.417. The summed E-state index contributed by atoms with van der Waals surface area (Å²) in [7, 11) is 1.57. The van der Waals surface area contributed by atoms with Crippen LogP contribution < -0.4 is 9.64 Å². The molecule has 0 unspecified atom stereocenters. The van der Waals surface area contributed by atoms with E-state index in [4.69, 9.17) is 4.74 Å². The zero-order valence-corrected chi connectivity index (χ0v) is 17.5. The van der Waals surface area contributed by atoms with Crippen molar-refractivity contribution in [2.24, 2.45) is 5.92 Å². The van der Waals surface area contributed by atoms with E-state index in [-0.39, 0.29) is 18.2 Å². The normalized spacial score (nSPS) is 20.5. The van der Waals surface area contributed by atoms with Gasteiger partial charge in [0.25, 0.3) is 5.91 Å². The Morgan fingerprint density at radius 3 is 2.26 bits per heavy atom. The molecule has 164 valence electrons. The smallest absolute Gasteiger partial charge is 0.251 e. The second kappa shape index (κ2) is 9.14. The Hall–Kier alpha value is -2.80. The second-order valence-corrected chi connectivity index (χ2v) is 8.28. The monoisotopic (exact) mass is 428 g/mol. The maximum atomic E-state index is 13.4. The van der Waals surface area contributed by atoms with Gasteiger partial charge in [0.2, 0.25) is 5.91 Å². The molecule has 0 spiro atoms. The number of piperidine rings is 1. The van der Waals surface area contributed by atoms with E-state index in [1.807, 2.05) is 0 Å². The molecule has 0 radical (unpaired) electrons. The Morgan fingerprint density at radius 1 is 1.00 bits per heavy atom. The third-order valence-electron chi connectivity index (χ3n) is 6.31. The van der Waals surface area contributed by atoms with Gasteiger partial charge in [-0.1, -0.05) is 0 Å². The van der Waals surface area contributed by atoms with Crippen molar-refractivity contribution in [3.05, 3.63) is 59.7 Å². The second-order valence-electron chi connectivity index (χ2n) is 8.28. The van der Waals surface area contributed by atoms with E-state index in [1.54, 1.807) is 31.4 Å². The zero-order chi connectivity index (χ0) is 22.0. The number of anilines is 1. The highest BCUT2D eigenvalue weighted by Crippen LogP contribution is 2.30. The standard InChI is InChI=1S/C24H26F2N2O3/c1-31-21-6-4-20(5-7-21)28-23(29)15-22(24(28)30)27-10-8-16(9-11-27)2-3-17-12-18(25)14-19(26)13-17/h4-7,12-14,16,22H,2-3,8-11,15H2,1H3/t22-/m0/s1. The first-order valence-electron chi connectivity index (χ1n) is 10.6. The lowest BCUT2D eigenvalue weighted by Gasteiger charge is -2.34. The first kappa shape index (κ1) is 21.4. The van der Waals surface area contributed by atoms with Gasteiger partial charge >= 0.3 is 0 Å². The molecule has 2 amide bonds. The third kappa shape index (κ3) is 4.77. The highest BCUT2D eigenvalue weighted by Gasteiger charge is 2.43. The molecule has 31 heavy (non-hydrogen) atoms. The van der Waals surface area contributed by atoms with Crippen LogP contribution in [0.4, 0.5) is 14.5 Å². The average Bonchev–Trinajstić information content (AvgIpc) is 3.06. The minimum atomic E-state index is -0.546. The lowest BCUT2D eigenvalue weighted by atomic mass is 9.90. The maximum Gasteiger partial charge on any atom is 0.251 e. The molecule has 2 aromatic rings. The molecule has 2 fully saturated rings. The number of rotatable bonds is 6. The summed E-state index contributed by atoms with van der Waals surface area (Å²) in [5, 5.41) is 0. The van der Waals surface area contributed by atoms with Crippen LogP contribution in [0.15, 0.2) is 42.5 Å². The fourth-order valence-corrected chi connectivity index (χ4v) is 4.58. The van der Waals surface area contributed by atoms with E-state index < -0.39 is 17.7 Å². The van der Waals surface area contributed by atoms with Crippen molar-refractivity contribution < 1.29 is 23.1 Å². The number of aryl methyl sites for hydroxylation is 1. The van der Waals surface area contributed by atoms with Gasteiger partial charge in [0.15, 0.2) is 0 Å². The molecule has 5 nitrogen and oxygen atoms in total. The summed E-state index contributed by atoms with van der Waals surface area (Å²) in [5.41, 5.74) is 1.24. The van der Waals surface area contributed by atoms with Crippen LogP contribution in [-0.2, 0) is 16.0 Å². The van der Waals surface area contributed by atoms with Gasteiger partial charge < -0.3 is 4.74 Å². The molecule has 2 heterocycles. The SMILES string of the molecule is COc1ccc(N2C(=O)C[C@H](N3CCC(CCc4cc(F)cc(F)c4)CC3)C2=O)cc1. The lowest BCUT2D eigenvalue weighted by Crippen LogP contribution is -2.46. The van der Waals surface area contributed by atoms with Gasteiger partial charge in [-0.05, 0) is 86.7 Å². The predicted octanol–water partition coefficient (Wildman–Crippen LogP) is 3.95. The summed E-state index contributed by atoms with van der Waals surface area (Å²) >= 11 is 0. The first-order chi connectivity index (χ1) is 14.9. The Labute approximate surface area is 180 Å². The van der Waals surface area contributed by atoms with Gasteiger partial charge in [-0.2, -0.15) is 0 Å². The number of halogens is 2. The number of hydrogen-bond donors (Lipinski definition) is 0. The molecule has 2 aliphatic heterocycles. The van der Waals surface area contributed by atoms with E-state index >= 15 is 0 Å². The van der Waals surface area contributed by atoms with Crippen LogP contribution in [0.1, 0.15) is 31.2 Å². The van der Waals surface area contributed by atoms with E-state index in [0.717, 1.165) is 38.4 Å². The molecule has 0 N–H and O–H groups in total. The van der Waals surface area contributed by atoms with E-state index in [1.165, 1.54) is 17.0 Å². The van der Waals surface area contributed by atoms with Crippen molar-refractivity contribution in [1.82, 2.24) is 4.90 Å². The number of imide groups is 1. The van der Waals surface area contributed by atoms with Crippen molar-refractivity contribution in [2.75, 3.05) is 25.1 Å². The molecular weight excluding hydrogens is 402 g/mol. The molecule has 2 aliphatic rings. The Bertz CT molecular complexity index is 936. The van der Waals surface area contributed by atoms with Crippen LogP contribution >= 0.6 is 0 Å². The van der Waals surface area contributed by atoms with Gasteiger partial charge in [-0.15, -0.1) is 0 Å². The van der Waals surface area contributed by atoms with Crippen LogP contribution in [0.3, 0.4) is 0 Å². The first-order valence-corrected chi connectivity index (χ1v) is 10.6. The van der Waals surface area contributed by atoms with E-state index in [2.05, 4.69) is 4.90 Å². The largest absolute Gasteiger partial charge is 0.497 e. The summed E-state index contributed by atoms with van der Waals surface area (Å²) in [6.45, 7) is 1.48. The molecule has 1 atom stereocenters. The molecule has 0 aromatic heterocycles. The number of likely N-dealkylation sites (tertiary alicyclic amines) is 1. The molecule has 7 heteroatoms. The van der Waals surface area contributed by atoms with E-state index in [0.29, 0.717) is 29.3 Å². The Balaban J connectivity index is 1.32. The number of carbonyl (C=O) groups is 2. The lowest BCUT2D eigenvalue weighted by molar-refractivity contribution is -0.123. The molecule has 0 saturated carbocycles. The van der Waals surface area contributed by atoms with Gasteiger partial charge in [0.05, 0.1) is 25.3 Å². The molecule has 2 saturated heterocycles. The highest BCUT2D eigenvalue weighted by atomic mass is 19.1. The number of carbonyl (C=O) groups excluding carboxylic acids is 2. The number of methoxy groups -OCH3 is 1. The van der Waals surface area contributed by atoms with Crippen LogP contribution in [0.2, 0.25) is 0 Å². The molecule has 2 aromatic carbocycles. The quantitative estimate of drug-likeness (QED) is 0.654. The number of benzene rings is 2. The predicted molar refractivity (Wildman–Crippen MR) is 113 cm³/mol. The number of amides is 2.